The Kier molecular flexibility index (Phi) is 3.37. The molecule has 0 radical (unpaired) electrons. The summed E-state index contributed by atoms with van der Waals surface area (Å²) in [5, 5.41) is 26.1. The van der Waals surface area contributed by atoms with Crippen molar-refractivity contribution in [1.29, 1.82) is 0 Å². The van der Waals surface area contributed by atoms with Crippen LogP contribution in [0.5, 0.6) is 11.5 Å². The van der Waals surface area contributed by atoms with E-state index in [1.54, 1.807) is 0 Å². The smallest absolute Gasteiger partial charge is 0.335 e. The van der Waals surface area contributed by atoms with Gasteiger partial charge in [0.05, 0.1) is 5.56 Å². The zero-order valence-corrected chi connectivity index (χ0v) is 6.71. The number of aromatic hydroxyl groups is 2. The van der Waals surface area contributed by atoms with Crippen molar-refractivity contribution >= 4 is 18.4 Å². The van der Waals surface area contributed by atoms with Crippen LogP contribution in [0.1, 0.15) is 10.4 Å². The molecule has 0 aromatic heterocycles. The summed E-state index contributed by atoms with van der Waals surface area (Å²) >= 11 is 0. The molecule has 0 aliphatic carbocycles. The van der Waals surface area contributed by atoms with Gasteiger partial charge in [0.15, 0.2) is 0 Å². The van der Waals surface area contributed by atoms with Gasteiger partial charge in [0, 0.05) is 6.07 Å². The molecule has 4 nitrogen and oxygen atoms in total. The van der Waals surface area contributed by atoms with Crippen molar-refractivity contribution in [3.05, 3.63) is 23.8 Å². The number of hydrogen-bond donors (Lipinski definition) is 3. The van der Waals surface area contributed by atoms with Crippen LogP contribution >= 0.6 is 12.4 Å². The first kappa shape index (κ1) is 10.6. The SMILES string of the molecule is Cl.O=C(O)c1cc(O)cc(O)c1. The van der Waals surface area contributed by atoms with E-state index < -0.39 is 5.97 Å². The highest BCUT2D eigenvalue weighted by molar-refractivity contribution is 5.88. The predicted octanol–water partition coefficient (Wildman–Crippen LogP) is 1.22. The highest BCUT2D eigenvalue weighted by Crippen LogP contribution is 2.19. The number of halogens is 1. The Labute approximate surface area is 74.5 Å². The zero-order valence-electron chi connectivity index (χ0n) is 5.89. The molecule has 0 spiro atoms. The van der Waals surface area contributed by atoms with E-state index in [1.165, 1.54) is 0 Å². The molecule has 0 saturated heterocycles. The van der Waals surface area contributed by atoms with Crippen LogP contribution in [0.25, 0.3) is 0 Å². The minimum Gasteiger partial charge on any atom is -0.508 e. The van der Waals surface area contributed by atoms with Crippen molar-refractivity contribution in [2.45, 2.75) is 0 Å². The fourth-order valence-electron chi connectivity index (χ4n) is 0.719. The predicted molar refractivity (Wildman–Crippen MR) is 44.0 cm³/mol. The van der Waals surface area contributed by atoms with Crippen LogP contribution in [0.4, 0.5) is 0 Å². The Morgan fingerprint density at radius 2 is 1.50 bits per heavy atom. The fourth-order valence-corrected chi connectivity index (χ4v) is 0.719. The van der Waals surface area contributed by atoms with E-state index in [4.69, 9.17) is 15.3 Å². The average Bonchev–Trinajstić information content (AvgIpc) is 1.85. The first-order valence-corrected chi connectivity index (χ1v) is 2.86. The molecule has 12 heavy (non-hydrogen) atoms. The van der Waals surface area contributed by atoms with Gasteiger partial charge in [0.25, 0.3) is 0 Å². The number of hydrogen-bond acceptors (Lipinski definition) is 3. The third-order valence-electron chi connectivity index (χ3n) is 1.15. The van der Waals surface area contributed by atoms with Gasteiger partial charge < -0.3 is 15.3 Å². The van der Waals surface area contributed by atoms with Crippen LogP contribution in [-0.4, -0.2) is 21.3 Å². The monoisotopic (exact) mass is 190 g/mol. The molecule has 0 bridgehead atoms. The molecule has 0 fully saturated rings. The second kappa shape index (κ2) is 3.82. The summed E-state index contributed by atoms with van der Waals surface area (Å²) in [5.41, 5.74) is -0.137. The molecule has 0 heterocycles. The number of carboxylic acid groups (broad SMARTS) is 1. The Morgan fingerprint density at radius 1 is 1.08 bits per heavy atom. The van der Waals surface area contributed by atoms with E-state index in [2.05, 4.69) is 0 Å². The lowest BCUT2D eigenvalue weighted by Crippen LogP contribution is -1.94. The van der Waals surface area contributed by atoms with Gasteiger partial charge in [-0.1, -0.05) is 0 Å². The maximum absolute atomic E-state index is 10.3. The van der Waals surface area contributed by atoms with Crippen LogP contribution in [0.3, 0.4) is 0 Å². The molecule has 1 aromatic carbocycles. The first-order valence-electron chi connectivity index (χ1n) is 2.86. The lowest BCUT2D eigenvalue weighted by Gasteiger charge is -1.96. The summed E-state index contributed by atoms with van der Waals surface area (Å²) < 4.78 is 0. The van der Waals surface area contributed by atoms with Gasteiger partial charge >= 0.3 is 5.97 Å². The molecule has 1 rings (SSSR count). The second-order valence-electron chi connectivity index (χ2n) is 2.04. The van der Waals surface area contributed by atoms with Gasteiger partial charge in [-0.15, -0.1) is 12.4 Å². The number of phenolic OH excluding ortho intramolecular Hbond substituents is 2. The Morgan fingerprint density at radius 3 is 1.83 bits per heavy atom. The van der Waals surface area contributed by atoms with Crippen LogP contribution in [0.15, 0.2) is 18.2 Å². The quantitative estimate of drug-likeness (QED) is 0.622. The van der Waals surface area contributed by atoms with E-state index in [0.717, 1.165) is 18.2 Å². The van der Waals surface area contributed by atoms with Gasteiger partial charge in [0.2, 0.25) is 0 Å². The summed E-state index contributed by atoms with van der Waals surface area (Å²) in [6.07, 6.45) is 0. The third-order valence-corrected chi connectivity index (χ3v) is 1.15. The zero-order chi connectivity index (χ0) is 8.43. The van der Waals surface area contributed by atoms with Crippen molar-refractivity contribution in [3.63, 3.8) is 0 Å². The summed E-state index contributed by atoms with van der Waals surface area (Å²) in [5.74, 6) is -1.71. The Bertz CT molecular complexity index is 277. The lowest BCUT2D eigenvalue weighted by atomic mass is 10.2. The van der Waals surface area contributed by atoms with Crippen molar-refractivity contribution in [3.8, 4) is 11.5 Å². The van der Waals surface area contributed by atoms with E-state index in [1.807, 2.05) is 0 Å². The summed E-state index contributed by atoms with van der Waals surface area (Å²) in [6.45, 7) is 0. The number of phenols is 2. The molecular formula is C7H7ClO4. The number of benzene rings is 1. The lowest BCUT2D eigenvalue weighted by molar-refractivity contribution is 0.0696. The minimum atomic E-state index is -1.18. The topological polar surface area (TPSA) is 77.8 Å². The molecule has 5 heteroatoms. The van der Waals surface area contributed by atoms with Crippen molar-refractivity contribution < 1.29 is 20.1 Å². The molecule has 66 valence electrons. The van der Waals surface area contributed by atoms with Crippen LogP contribution in [0.2, 0.25) is 0 Å². The van der Waals surface area contributed by atoms with Crippen molar-refractivity contribution in [1.82, 2.24) is 0 Å². The van der Waals surface area contributed by atoms with Crippen LogP contribution < -0.4 is 0 Å². The molecule has 0 atom stereocenters. The van der Waals surface area contributed by atoms with Gasteiger partial charge in [-0.25, -0.2) is 4.79 Å². The normalized spacial score (nSPS) is 8.67. The molecule has 0 saturated carbocycles. The van der Waals surface area contributed by atoms with Gasteiger partial charge in [-0.3, -0.25) is 0 Å². The largest absolute Gasteiger partial charge is 0.508 e. The maximum Gasteiger partial charge on any atom is 0.335 e. The Hall–Kier alpha value is -1.42. The fraction of sp³-hybridized carbons (Fsp3) is 0. The average molecular weight is 191 g/mol. The molecule has 1 aromatic rings. The number of aromatic carboxylic acids is 1. The molecule has 0 unspecified atom stereocenters. The van der Waals surface area contributed by atoms with Crippen molar-refractivity contribution in [2.24, 2.45) is 0 Å². The number of carbonyl (C=O) groups is 1. The van der Waals surface area contributed by atoms with Gasteiger partial charge in [-0.05, 0) is 12.1 Å². The summed E-state index contributed by atoms with van der Waals surface area (Å²) in [6, 6.07) is 3.18. The third kappa shape index (κ3) is 2.32. The van der Waals surface area contributed by atoms with Gasteiger partial charge in [-0.2, -0.15) is 0 Å². The first-order chi connectivity index (χ1) is 5.09. The van der Waals surface area contributed by atoms with E-state index in [-0.39, 0.29) is 29.5 Å². The molecule has 0 aliphatic rings. The van der Waals surface area contributed by atoms with Gasteiger partial charge in [0.1, 0.15) is 11.5 Å². The van der Waals surface area contributed by atoms with E-state index in [0.29, 0.717) is 0 Å². The van der Waals surface area contributed by atoms with Crippen LogP contribution in [-0.2, 0) is 0 Å². The molecule has 3 N–H and O–H groups in total. The highest BCUT2D eigenvalue weighted by atomic mass is 35.5. The van der Waals surface area contributed by atoms with Crippen LogP contribution in [0, 0.1) is 0 Å². The Balaban J connectivity index is 0.00000121. The summed E-state index contributed by atoms with van der Waals surface area (Å²) in [7, 11) is 0. The summed E-state index contributed by atoms with van der Waals surface area (Å²) in [4.78, 5) is 10.3. The minimum absolute atomic E-state index is 0. The van der Waals surface area contributed by atoms with E-state index >= 15 is 0 Å². The van der Waals surface area contributed by atoms with Crippen molar-refractivity contribution in [2.75, 3.05) is 0 Å². The highest BCUT2D eigenvalue weighted by Gasteiger charge is 2.04. The van der Waals surface area contributed by atoms with E-state index in [9.17, 15) is 4.79 Å². The standard InChI is InChI=1S/C7H6O4.ClH/c8-5-1-4(7(10)11)2-6(9)3-5;/h1-3,8-9H,(H,10,11);1H. The number of carboxylic acids is 1. The molecule has 0 amide bonds. The second-order valence-corrected chi connectivity index (χ2v) is 2.04. The molecule has 0 aliphatic heterocycles. The number of rotatable bonds is 1. The maximum atomic E-state index is 10.3. The molecular weight excluding hydrogens is 184 g/mol.